The summed E-state index contributed by atoms with van der Waals surface area (Å²) >= 11 is 0. The second kappa shape index (κ2) is 4.44. The van der Waals surface area contributed by atoms with E-state index in [4.69, 9.17) is 5.73 Å². The number of hydrogen-bond acceptors (Lipinski definition) is 4. The van der Waals surface area contributed by atoms with Gasteiger partial charge in [-0.05, 0) is 30.9 Å². The van der Waals surface area contributed by atoms with E-state index in [-0.39, 0.29) is 0 Å². The fraction of sp³-hybridized carbons (Fsp3) is 0.429. The Labute approximate surface area is 107 Å². The minimum Gasteiger partial charge on any atom is -0.381 e. The molecule has 0 aliphatic heterocycles. The van der Waals surface area contributed by atoms with Crippen LogP contribution in [0.4, 0.5) is 11.6 Å². The van der Waals surface area contributed by atoms with Gasteiger partial charge in [-0.1, -0.05) is 25.5 Å². The van der Waals surface area contributed by atoms with Crippen LogP contribution >= 0.6 is 0 Å². The van der Waals surface area contributed by atoms with Crippen molar-refractivity contribution in [1.29, 1.82) is 0 Å². The summed E-state index contributed by atoms with van der Waals surface area (Å²) < 4.78 is 0. The summed E-state index contributed by atoms with van der Waals surface area (Å²) in [5.41, 5.74) is 7.71. The van der Waals surface area contributed by atoms with Crippen molar-refractivity contribution >= 4 is 22.7 Å². The van der Waals surface area contributed by atoms with Gasteiger partial charge in [-0.15, -0.1) is 0 Å². The van der Waals surface area contributed by atoms with Crippen molar-refractivity contribution in [2.45, 2.75) is 32.2 Å². The van der Waals surface area contributed by atoms with Crippen LogP contribution in [0, 0.1) is 5.92 Å². The molecule has 0 amide bonds. The Balaban J connectivity index is 1.93. The molecule has 1 aromatic heterocycles. The molecule has 18 heavy (non-hydrogen) atoms. The highest BCUT2D eigenvalue weighted by Crippen LogP contribution is 2.29. The quantitative estimate of drug-likeness (QED) is 0.850. The SMILES string of the molecule is CC1CCCC1Nc1nc2ccccc2nc1N. The highest BCUT2D eigenvalue weighted by atomic mass is 15.1. The third-order valence-electron chi connectivity index (χ3n) is 3.78. The molecule has 1 aromatic carbocycles. The van der Waals surface area contributed by atoms with Crippen LogP contribution in [0.25, 0.3) is 11.0 Å². The zero-order valence-electron chi connectivity index (χ0n) is 10.6. The average molecular weight is 242 g/mol. The molecule has 3 rings (SSSR count). The van der Waals surface area contributed by atoms with Crippen LogP contribution in [-0.2, 0) is 0 Å². The minimum absolute atomic E-state index is 0.475. The maximum Gasteiger partial charge on any atom is 0.169 e. The molecule has 0 bridgehead atoms. The molecule has 1 aliphatic rings. The predicted octanol–water partition coefficient (Wildman–Crippen LogP) is 2.81. The number of rotatable bonds is 2. The molecule has 1 saturated carbocycles. The number of nitrogens with one attached hydrogen (secondary N) is 1. The van der Waals surface area contributed by atoms with Crippen LogP contribution in [0.15, 0.2) is 24.3 Å². The number of nitrogens with zero attached hydrogens (tertiary/aromatic N) is 2. The van der Waals surface area contributed by atoms with Crippen molar-refractivity contribution in [3.63, 3.8) is 0 Å². The van der Waals surface area contributed by atoms with Gasteiger partial charge < -0.3 is 11.1 Å². The van der Waals surface area contributed by atoms with Gasteiger partial charge >= 0.3 is 0 Å². The average Bonchev–Trinajstić information content (AvgIpc) is 2.76. The summed E-state index contributed by atoms with van der Waals surface area (Å²) in [4.78, 5) is 8.97. The molecule has 1 heterocycles. The molecular formula is C14H18N4. The van der Waals surface area contributed by atoms with Gasteiger partial charge in [-0.3, -0.25) is 0 Å². The van der Waals surface area contributed by atoms with Crippen molar-refractivity contribution in [2.75, 3.05) is 11.1 Å². The van der Waals surface area contributed by atoms with E-state index < -0.39 is 0 Å². The molecule has 1 aliphatic carbocycles. The zero-order chi connectivity index (χ0) is 12.5. The largest absolute Gasteiger partial charge is 0.381 e. The van der Waals surface area contributed by atoms with Crippen LogP contribution in [0.5, 0.6) is 0 Å². The van der Waals surface area contributed by atoms with Crippen molar-refractivity contribution in [3.05, 3.63) is 24.3 Å². The topological polar surface area (TPSA) is 63.8 Å². The van der Waals surface area contributed by atoms with E-state index in [9.17, 15) is 0 Å². The lowest BCUT2D eigenvalue weighted by Crippen LogP contribution is -2.23. The summed E-state index contributed by atoms with van der Waals surface area (Å²) in [7, 11) is 0. The molecule has 0 radical (unpaired) electrons. The Morgan fingerprint density at radius 3 is 2.56 bits per heavy atom. The Morgan fingerprint density at radius 2 is 1.89 bits per heavy atom. The fourth-order valence-corrected chi connectivity index (χ4v) is 2.66. The first-order chi connectivity index (χ1) is 8.74. The number of benzene rings is 1. The Kier molecular flexibility index (Phi) is 2.78. The normalized spacial score (nSPS) is 23.4. The zero-order valence-corrected chi connectivity index (χ0v) is 10.6. The number of nitrogens with two attached hydrogens (primary N) is 1. The lowest BCUT2D eigenvalue weighted by molar-refractivity contribution is 0.555. The maximum atomic E-state index is 5.97. The lowest BCUT2D eigenvalue weighted by Gasteiger charge is -2.18. The molecule has 3 N–H and O–H groups in total. The van der Waals surface area contributed by atoms with Gasteiger partial charge in [0.1, 0.15) is 0 Å². The molecule has 94 valence electrons. The van der Waals surface area contributed by atoms with Crippen LogP contribution in [0.3, 0.4) is 0 Å². The molecule has 2 aromatic rings. The van der Waals surface area contributed by atoms with Crippen molar-refractivity contribution in [1.82, 2.24) is 9.97 Å². The third-order valence-corrected chi connectivity index (χ3v) is 3.78. The van der Waals surface area contributed by atoms with Gasteiger partial charge in [-0.2, -0.15) is 0 Å². The van der Waals surface area contributed by atoms with E-state index in [0.717, 1.165) is 16.9 Å². The van der Waals surface area contributed by atoms with E-state index >= 15 is 0 Å². The summed E-state index contributed by atoms with van der Waals surface area (Å²) in [6, 6.07) is 8.28. The molecule has 1 fully saturated rings. The molecule has 4 nitrogen and oxygen atoms in total. The maximum absolute atomic E-state index is 5.97. The van der Waals surface area contributed by atoms with Crippen LogP contribution in [-0.4, -0.2) is 16.0 Å². The fourth-order valence-electron chi connectivity index (χ4n) is 2.66. The van der Waals surface area contributed by atoms with Crippen molar-refractivity contribution < 1.29 is 0 Å². The Morgan fingerprint density at radius 1 is 1.17 bits per heavy atom. The first kappa shape index (κ1) is 11.3. The Bertz CT molecular complexity index is 567. The smallest absolute Gasteiger partial charge is 0.169 e. The molecular weight excluding hydrogens is 224 g/mol. The molecule has 2 unspecified atom stereocenters. The number of para-hydroxylation sites is 2. The van der Waals surface area contributed by atoms with E-state index in [1.54, 1.807) is 0 Å². The van der Waals surface area contributed by atoms with E-state index in [1.807, 2.05) is 24.3 Å². The summed E-state index contributed by atoms with van der Waals surface area (Å²) in [5.74, 6) is 1.90. The van der Waals surface area contributed by atoms with Crippen LogP contribution < -0.4 is 11.1 Å². The first-order valence-electron chi connectivity index (χ1n) is 6.53. The summed E-state index contributed by atoms with van der Waals surface area (Å²) in [6.45, 7) is 2.27. The van der Waals surface area contributed by atoms with Crippen molar-refractivity contribution in [2.24, 2.45) is 5.92 Å². The Hall–Kier alpha value is -1.84. The number of fused-ring (bicyclic) bond motifs is 1. The highest BCUT2D eigenvalue weighted by Gasteiger charge is 2.24. The molecule has 0 saturated heterocycles. The summed E-state index contributed by atoms with van der Waals surface area (Å²) in [6.07, 6.45) is 3.74. The van der Waals surface area contributed by atoms with Gasteiger partial charge in [-0.25, -0.2) is 9.97 Å². The molecule has 0 spiro atoms. The van der Waals surface area contributed by atoms with E-state index in [2.05, 4.69) is 22.2 Å². The van der Waals surface area contributed by atoms with Gasteiger partial charge in [0.05, 0.1) is 11.0 Å². The standard InChI is InChI=1S/C14H18N4/c1-9-5-4-8-10(9)17-14-13(15)16-11-6-2-3-7-12(11)18-14/h2-3,6-7,9-10H,4-5,8H2,1H3,(H2,15,16)(H,17,18). The van der Waals surface area contributed by atoms with Gasteiger partial charge in [0.15, 0.2) is 11.6 Å². The number of anilines is 2. The van der Waals surface area contributed by atoms with Crippen LogP contribution in [0.2, 0.25) is 0 Å². The van der Waals surface area contributed by atoms with E-state index in [0.29, 0.717) is 17.8 Å². The van der Waals surface area contributed by atoms with Crippen molar-refractivity contribution in [3.8, 4) is 0 Å². The van der Waals surface area contributed by atoms with E-state index in [1.165, 1.54) is 19.3 Å². The number of nitrogen functional groups attached to an aromatic ring is 1. The van der Waals surface area contributed by atoms with Gasteiger partial charge in [0, 0.05) is 6.04 Å². The highest BCUT2D eigenvalue weighted by molar-refractivity contribution is 5.79. The molecule has 4 heteroatoms. The number of hydrogen-bond donors (Lipinski definition) is 2. The third kappa shape index (κ3) is 1.98. The second-order valence-corrected chi connectivity index (χ2v) is 5.11. The predicted molar refractivity (Wildman–Crippen MR) is 74.4 cm³/mol. The lowest BCUT2D eigenvalue weighted by atomic mass is 10.1. The van der Waals surface area contributed by atoms with Crippen LogP contribution in [0.1, 0.15) is 26.2 Å². The van der Waals surface area contributed by atoms with Gasteiger partial charge in [0.25, 0.3) is 0 Å². The monoisotopic (exact) mass is 242 g/mol. The van der Waals surface area contributed by atoms with Gasteiger partial charge in [0.2, 0.25) is 0 Å². The summed E-state index contributed by atoms with van der Waals surface area (Å²) in [5, 5.41) is 3.45. The number of aromatic nitrogens is 2. The first-order valence-corrected chi connectivity index (χ1v) is 6.53. The molecule has 2 atom stereocenters. The minimum atomic E-state index is 0.475. The second-order valence-electron chi connectivity index (χ2n) is 5.11.